The number of rotatable bonds is 6. The summed E-state index contributed by atoms with van der Waals surface area (Å²) in [5.41, 5.74) is 1.91. The molecule has 0 radical (unpaired) electrons. The summed E-state index contributed by atoms with van der Waals surface area (Å²) in [5.74, 6) is -0.928. The van der Waals surface area contributed by atoms with Crippen LogP contribution in [0, 0.1) is 0 Å². The molecule has 6 heteroatoms. The van der Waals surface area contributed by atoms with Crippen molar-refractivity contribution in [1.29, 1.82) is 0 Å². The van der Waals surface area contributed by atoms with Gasteiger partial charge in [0.25, 0.3) is 5.91 Å². The third-order valence-electron chi connectivity index (χ3n) is 3.48. The van der Waals surface area contributed by atoms with Gasteiger partial charge < -0.3 is 15.4 Å². The molecule has 1 amide bonds. The third-order valence-corrected chi connectivity index (χ3v) is 3.71. The predicted octanol–water partition coefficient (Wildman–Crippen LogP) is 3.42. The normalized spacial score (nSPS) is 11.5. The fraction of sp³-hybridized carbons (Fsp3) is 0.222. The van der Waals surface area contributed by atoms with E-state index in [-0.39, 0.29) is 18.6 Å². The van der Waals surface area contributed by atoms with Gasteiger partial charge in [0, 0.05) is 17.8 Å². The number of ether oxygens (including phenoxy) is 1. The molecule has 0 aromatic heterocycles. The second kappa shape index (κ2) is 8.36. The Morgan fingerprint density at radius 2 is 1.92 bits per heavy atom. The molecule has 0 spiro atoms. The maximum Gasteiger partial charge on any atom is 0.340 e. The molecule has 1 atom stereocenters. The van der Waals surface area contributed by atoms with Crippen LogP contribution in [0.3, 0.4) is 0 Å². The smallest absolute Gasteiger partial charge is 0.340 e. The number of nitrogens with one attached hydrogen (secondary N) is 2. The summed E-state index contributed by atoms with van der Waals surface area (Å²) in [6.07, 6.45) is 0. The number of amides is 1. The van der Waals surface area contributed by atoms with E-state index < -0.39 is 5.97 Å². The van der Waals surface area contributed by atoms with Crippen LogP contribution < -0.4 is 10.6 Å². The van der Waals surface area contributed by atoms with Crippen molar-refractivity contribution >= 4 is 29.2 Å². The van der Waals surface area contributed by atoms with Crippen LogP contribution in [0.25, 0.3) is 0 Å². The summed E-state index contributed by atoms with van der Waals surface area (Å²) < 4.78 is 5.08. The Labute approximate surface area is 146 Å². The lowest BCUT2D eigenvalue weighted by Crippen LogP contribution is -2.31. The van der Waals surface area contributed by atoms with Gasteiger partial charge in [-0.2, -0.15) is 0 Å². The maximum absolute atomic E-state index is 12.1. The first-order valence-electron chi connectivity index (χ1n) is 7.50. The van der Waals surface area contributed by atoms with Crippen molar-refractivity contribution in [2.75, 3.05) is 19.0 Å². The highest BCUT2D eigenvalue weighted by atomic mass is 35.5. The fourth-order valence-electron chi connectivity index (χ4n) is 2.23. The van der Waals surface area contributed by atoms with Crippen molar-refractivity contribution in [3.05, 3.63) is 64.7 Å². The van der Waals surface area contributed by atoms with E-state index in [0.717, 1.165) is 5.56 Å². The number of carbonyl (C=O) groups is 2. The Hall–Kier alpha value is -2.53. The zero-order valence-corrected chi connectivity index (χ0v) is 14.3. The summed E-state index contributed by atoms with van der Waals surface area (Å²) in [6.45, 7) is 1.49. The largest absolute Gasteiger partial charge is 0.452 e. The number of carbonyl (C=O) groups excluding carboxylic acids is 2. The van der Waals surface area contributed by atoms with Crippen LogP contribution in [-0.4, -0.2) is 25.5 Å². The summed E-state index contributed by atoms with van der Waals surface area (Å²) in [6, 6.07) is 13.9. The highest BCUT2D eigenvalue weighted by Gasteiger charge is 2.15. The highest BCUT2D eigenvalue weighted by molar-refractivity contribution is 6.30. The molecule has 0 saturated heterocycles. The number of hydrogen-bond acceptors (Lipinski definition) is 4. The van der Waals surface area contributed by atoms with Crippen molar-refractivity contribution in [1.82, 2.24) is 5.32 Å². The van der Waals surface area contributed by atoms with Gasteiger partial charge in [0.05, 0.1) is 11.6 Å². The first-order chi connectivity index (χ1) is 11.5. The predicted molar refractivity (Wildman–Crippen MR) is 94.3 cm³/mol. The molecule has 0 unspecified atom stereocenters. The molecule has 2 aromatic carbocycles. The average molecular weight is 347 g/mol. The molecule has 5 nitrogen and oxygen atoms in total. The molecule has 2 N–H and O–H groups in total. The lowest BCUT2D eigenvalue weighted by molar-refractivity contribution is -0.124. The van der Waals surface area contributed by atoms with Gasteiger partial charge >= 0.3 is 5.97 Å². The van der Waals surface area contributed by atoms with Gasteiger partial charge in [-0.05, 0) is 36.8 Å². The van der Waals surface area contributed by atoms with Crippen LogP contribution in [0.4, 0.5) is 5.69 Å². The number of anilines is 1. The summed E-state index contributed by atoms with van der Waals surface area (Å²) in [7, 11) is 1.71. The van der Waals surface area contributed by atoms with Gasteiger partial charge in [0.1, 0.15) is 0 Å². The van der Waals surface area contributed by atoms with Crippen LogP contribution in [-0.2, 0) is 9.53 Å². The molecule has 2 aromatic rings. The third kappa shape index (κ3) is 4.73. The molecule has 126 valence electrons. The van der Waals surface area contributed by atoms with Gasteiger partial charge in [0.15, 0.2) is 6.61 Å². The molecule has 0 bridgehead atoms. The second-order valence-electron chi connectivity index (χ2n) is 5.22. The van der Waals surface area contributed by atoms with E-state index in [2.05, 4.69) is 10.6 Å². The minimum absolute atomic E-state index is 0.237. The molecule has 0 aliphatic heterocycles. The zero-order valence-electron chi connectivity index (χ0n) is 13.5. The molecule has 24 heavy (non-hydrogen) atoms. The second-order valence-corrected chi connectivity index (χ2v) is 5.65. The quantitative estimate of drug-likeness (QED) is 0.786. The zero-order chi connectivity index (χ0) is 17.5. The Morgan fingerprint density at radius 3 is 2.62 bits per heavy atom. The Balaban J connectivity index is 1.90. The Bertz CT molecular complexity index is 734. The van der Waals surface area contributed by atoms with Crippen LogP contribution in [0.1, 0.15) is 28.9 Å². The van der Waals surface area contributed by atoms with Crippen LogP contribution in [0.2, 0.25) is 5.02 Å². The van der Waals surface area contributed by atoms with Crippen molar-refractivity contribution in [2.24, 2.45) is 0 Å². The van der Waals surface area contributed by atoms with Gasteiger partial charge in [-0.1, -0.05) is 35.9 Å². The first kappa shape index (κ1) is 17.8. The first-order valence-corrected chi connectivity index (χ1v) is 7.87. The van der Waals surface area contributed by atoms with Crippen molar-refractivity contribution < 1.29 is 14.3 Å². The highest BCUT2D eigenvalue weighted by Crippen LogP contribution is 2.17. The molecule has 0 aliphatic rings. The minimum Gasteiger partial charge on any atom is -0.452 e. The molecule has 0 fully saturated rings. The molecule has 0 saturated carbocycles. The molecule has 0 aliphatic carbocycles. The summed E-state index contributed by atoms with van der Waals surface area (Å²) in [4.78, 5) is 24.0. The summed E-state index contributed by atoms with van der Waals surface area (Å²) >= 11 is 5.94. The maximum atomic E-state index is 12.1. The van der Waals surface area contributed by atoms with Crippen molar-refractivity contribution in [2.45, 2.75) is 13.0 Å². The minimum atomic E-state index is -0.550. The fourth-order valence-corrected chi connectivity index (χ4v) is 2.43. The van der Waals surface area contributed by atoms with E-state index in [9.17, 15) is 9.59 Å². The van der Waals surface area contributed by atoms with Gasteiger partial charge in [-0.15, -0.1) is 0 Å². The standard InChI is InChI=1S/C18H19ClN2O3/c1-12(13-6-5-7-14(19)10-13)21-17(22)11-24-18(23)15-8-3-4-9-16(15)20-2/h3-10,12,20H,11H2,1-2H3,(H,21,22)/t12-/m0/s1. The average Bonchev–Trinajstić information content (AvgIpc) is 2.59. The number of esters is 1. The van der Waals surface area contributed by atoms with E-state index in [1.807, 2.05) is 25.1 Å². The molecular weight excluding hydrogens is 328 g/mol. The van der Waals surface area contributed by atoms with Gasteiger partial charge in [-0.3, -0.25) is 4.79 Å². The van der Waals surface area contributed by atoms with Crippen molar-refractivity contribution in [3.8, 4) is 0 Å². The lowest BCUT2D eigenvalue weighted by atomic mass is 10.1. The number of benzene rings is 2. The Morgan fingerprint density at radius 1 is 1.17 bits per heavy atom. The van der Waals surface area contributed by atoms with E-state index in [4.69, 9.17) is 16.3 Å². The monoisotopic (exact) mass is 346 g/mol. The van der Waals surface area contributed by atoms with E-state index in [1.165, 1.54) is 0 Å². The van der Waals surface area contributed by atoms with E-state index in [1.54, 1.807) is 37.4 Å². The van der Waals surface area contributed by atoms with Crippen LogP contribution >= 0.6 is 11.6 Å². The van der Waals surface area contributed by atoms with Crippen molar-refractivity contribution in [3.63, 3.8) is 0 Å². The Kier molecular flexibility index (Phi) is 6.21. The lowest BCUT2D eigenvalue weighted by Gasteiger charge is -2.15. The van der Waals surface area contributed by atoms with Crippen LogP contribution in [0.5, 0.6) is 0 Å². The molecule has 2 rings (SSSR count). The number of hydrogen-bond donors (Lipinski definition) is 2. The van der Waals surface area contributed by atoms with E-state index in [0.29, 0.717) is 16.3 Å². The topological polar surface area (TPSA) is 67.4 Å². The number of para-hydroxylation sites is 1. The number of halogens is 1. The van der Waals surface area contributed by atoms with Crippen LogP contribution in [0.15, 0.2) is 48.5 Å². The van der Waals surface area contributed by atoms with Gasteiger partial charge in [-0.25, -0.2) is 4.79 Å². The van der Waals surface area contributed by atoms with Gasteiger partial charge in [0.2, 0.25) is 0 Å². The molecular formula is C18H19ClN2O3. The van der Waals surface area contributed by atoms with E-state index >= 15 is 0 Å². The summed E-state index contributed by atoms with van der Waals surface area (Å²) in [5, 5.41) is 6.28. The SMILES string of the molecule is CNc1ccccc1C(=O)OCC(=O)N[C@@H](C)c1cccc(Cl)c1. The molecule has 0 heterocycles.